The van der Waals surface area contributed by atoms with E-state index in [4.69, 9.17) is 11.6 Å². The second kappa shape index (κ2) is 8.95. The number of amides is 2. The molecule has 27 heavy (non-hydrogen) atoms. The van der Waals surface area contributed by atoms with Crippen molar-refractivity contribution in [3.63, 3.8) is 0 Å². The molecule has 2 aromatic rings. The summed E-state index contributed by atoms with van der Waals surface area (Å²) < 4.78 is 27.6. The molecule has 7 heteroatoms. The first-order chi connectivity index (χ1) is 12.7. The molecule has 0 saturated carbocycles. The summed E-state index contributed by atoms with van der Waals surface area (Å²) in [4.78, 5) is 25.0. The van der Waals surface area contributed by atoms with Crippen LogP contribution in [0.5, 0.6) is 0 Å². The van der Waals surface area contributed by atoms with Crippen molar-refractivity contribution in [3.8, 4) is 0 Å². The second-order valence-electron chi connectivity index (χ2n) is 6.58. The van der Waals surface area contributed by atoms with Gasteiger partial charge in [0.25, 0.3) is 5.91 Å². The van der Waals surface area contributed by atoms with E-state index in [2.05, 4.69) is 10.6 Å². The molecule has 0 aliphatic heterocycles. The van der Waals surface area contributed by atoms with Crippen LogP contribution in [-0.4, -0.2) is 17.9 Å². The van der Waals surface area contributed by atoms with Crippen molar-refractivity contribution < 1.29 is 18.4 Å². The zero-order valence-electron chi connectivity index (χ0n) is 15.2. The van der Waals surface area contributed by atoms with Crippen LogP contribution in [0.25, 0.3) is 0 Å². The molecule has 2 amide bonds. The summed E-state index contributed by atoms with van der Waals surface area (Å²) in [5, 5.41) is 5.76. The van der Waals surface area contributed by atoms with Crippen molar-refractivity contribution in [1.29, 1.82) is 0 Å². The standard InChI is InChI=1S/C20H21ClF2N2O2/c1-11(2)18(25-19(26)17-15(22)8-5-9-16(17)23)20(27)24-12(3)13-6-4-7-14(21)10-13/h4-12,18H,1-3H3,(H,24,27)(H,25,26). The van der Waals surface area contributed by atoms with Crippen LogP contribution in [0.3, 0.4) is 0 Å². The highest BCUT2D eigenvalue weighted by molar-refractivity contribution is 6.30. The summed E-state index contributed by atoms with van der Waals surface area (Å²) >= 11 is 5.96. The molecule has 4 nitrogen and oxygen atoms in total. The molecular weight excluding hydrogens is 374 g/mol. The van der Waals surface area contributed by atoms with Gasteiger partial charge in [0.05, 0.1) is 6.04 Å². The van der Waals surface area contributed by atoms with E-state index >= 15 is 0 Å². The summed E-state index contributed by atoms with van der Waals surface area (Å²) in [6, 6.07) is 8.85. The summed E-state index contributed by atoms with van der Waals surface area (Å²) in [7, 11) is 0. The number of benzene rings is 2. The molecule has 2 N–H and O–H groups in total. The number of halogens is 3. The van der Waals surface area contributed by atoms with Crippen molar-refractivity contribution in [1.82, 2.24) is 10.6 Å². The zero-order valence-corrected chi connectivity index (χ0v) is 16.0. The lowest BCUT2D eigenvalue weighted by molar-refractivity contribution is -0.124. The second-order valence-corrected chi connectivity index (χ2v) is 7.01. The highest BCUT2D eigenvalue weighted by Gasteiger charge is 2.28. The number of rotatable bonds is 6. The summed E-state index contributed by atoms with van der Waals surface area (Å²) in [6.45, 7) is 5.23. The van der Waals surface area contributed by atoms with Crippen LogP contribution in [0, 0.1) is 17.6 Å². The van der Waals surface area contributed by atoms with Crippen molar-refractivity contribution in [2.75, 3.05) is 0 Å². The van der Waals surface area contributed by atoms with Gasteiger partial charge in [0.1, 0.15) is 23.2 Å². The van der Waals surface area contributed by atoms with Crippen molar-refractivity contribution in [2.24, 2.45) is 5.92 Å². The van der Waals surface area contributed by atoms with Gasteiger partial charge in [0.15, 0.2) is 0 Å². The number of carbonyl (C=O) groups is 2. The van der Waals surface area contributed by atoms with Crippen LogP contribution >= 0.6 is 11.6 Å². The average Bonchev–Trinajstić information content (AvgIpc) is 2.59. The van der Waals surface area contributed by atoms with Gasteiger partial charge in [-0.25, -0.2) is 8.78 Å². The lowest BCUT2D eigenvalue weighted by Crippen LogP contribution is -2.50. The summed E-state index contributed by atoms with van der Waals surface area (Å²) in [5.41, 5.74) is 0.0867. The van der Waals surface area contributed by atoms with E-state index in [1.807, 2.05) is 6.07 Å². The predicted octanol–water partition coefficient (Wildman–Crippen LogP) is 4.25. The minimum Gasteiger partial charge on any atom is -0.348 e. The predicted molar refractivity (Wildman–Crippen MR) is 100 cm³/mol. The van der Waals surface area contributed by atoms with Gasteiger partial charge < -0.3 is 10.6 Å². The van der Waals surface area contributed by atoms with Crippen molar-refractivity contribution >= 4 is 23.4 Å². The Bertz CT molecular complexity index is 822. The van der Waals surface area contributed by atoms with Gasteiger partial charge in [0, 0.05) is 5.02 Å². The maximum absolute atomic E-state index is 13.8. The van der Waals surface area contributed by atoms with Crippen LogP contribution < -0.4 is 10.6 Å². The molecule has 0 bridgehead atoms. The van der Waals surface area contributed by atoms with Gasteiger partial charge in [-0.05, 0) is 42.7 Å². The third-order valence-electron chi connectivity index (χ3n) is 4.13. The molecule has 0 aliphatic carbocycles. The highest BCUT2D eigenvalue weighted by atomic mass is 35.5. The fraction of sp³-hybridized carbons (Fsp3) is 0.300. The number of nitrogens with one attached hydrogen (secondary N) is 2. The minimum atomic E-state index is -0.984. The Morgan fingerprint density at radius 3 is 2.11 bits per heavy atom. The molecule has 0 radical (unpaired) electrons. The van der Waals surface area contributed by atoms with Gasteiger partial charge >= 0.3 is 0 Å². The molecule has 0 saturated heterocycles. The number of carbonyl (C=O) groups excluding carboxylic acids is 2. The van der Waals surface area contributed by atoms with E-state index in [9.17, 15) is 18.4 Å². The SMILES string of the molecule is CC(NC(=O)C(NC(=O)c1c(F)cccc1F)C(C)C)c1cccc(Cl)c1. The van der Waals surface area contributed by atoms with Gasteiger partial charge in [-0.1, -0.05) is 43.6 Å². The van der Waals surface area contributed by atoms with E-state index in [0.29, 0.717) is 5.02 Å². The molecule has 2 atom stereocenters. The first-order valence-electron chi connectivity index (χ1n) is 8.51. The molecule has 0 aliphatic rings. The molecule has 2 aromatic carbocycles. The topological polar surface area (TPSA) is 58.2 Å². The lowest BCUT2D eigenvalue weighted by Gasteiger charge is -2.24. The highest BCUT2D eigenvalue weighted by Crippen LogP contribution is 2.18. The number of hydrogen-bond acceptors (Lipinski definition) is 2. The maximum atomic E-state index is 13.8. The Balaban J connectivity index is 2.14. The lowest BCUT2D eigenvalue weighted by atomic mass is 10.0. The normalized spacial score (nSPS) is 13.1. The minimum absolute atomic E-state index is 0.296. The van der Waals surface area contributed by atoms with E-state index < -0.39 is 35.1 Å². The van der Waals surface area contributed by atoms with Gasteiger partial charge in [-0.2, -0.15) is 0 Å². The Kier molecular flexibility index (Phi) is 6.91. The van der Waals surface area contributed by atoms with Gasteiger partial charge in [0.2, 0.25) is 5.91 Å². The maximum Gasteiger partial charge on any atom is 0.257 e. The van der Waals surface area contributed by atoms with Gasteiger partial charge in [-0.15, -0.1) is 0 Å². The molecular formula is C20H21ClF2N2O2. The third kappa shape index (κ3) is 5.26. The van der Waals surface area contributed by atoms with E-state index in [1.165, 1.54) is 6.07 Å². The van der Waals surface area contributed by atoms with E-state index in [1.54, 1.807) is 39.0 Å². The molecule has 0 fully saturated rings. The van der Waals surface area contributed by atoms with Gasteiger partial charge in [-0.3, -0.25) is 9.59 Å². The smallest absolute Gasteiger partial charge is 0.257 e. The third-order valence-corrected chi connectivity index (χ3v) is 4.37. The number of hydrogen-bond donors (Lipinski definition) is 2. The van der Waals surface area contributed by atoms with E-state index in [-0.39, 0.29) is 12.0 Å². The zero-order chi connectivity index (χ0) is 20.1. The van der Waals surface area contributed by atoms with Crippen LogP contribution in [0.15, 0.2) is 42.5 Å². The molecule has 2 unspecified atom stereocenters. The molecule has 0 aromatic heterocycles. The molecule has 144 valence electrons. The summed E-state index contributed by atoms with van der Waals surface area (Å²) in [6.07, 6.45) is 0. The Morgan fingerprint density at radius 2 is 1.56 bits per heavy atom. The van der Waals surface area contributed by atoms with E-state index in [0.717, 1.165) is 17.7 Å². The van der Waals surface area contributed by atoms with Crippen LogP contribution in [0.4, 0.5) is 8.78 Å². The Hall–Kier alpha value is -2.47. The average molecular weight is 395 g/mol. The first kappa shape index (κ1) is 20.8. The Labute approximate surface area is 161 Å². The monoisotopic (exact) mass is 394 g/mol. The first-order valence-corrected chi connectivity index (χ1v) is 8.89. The molecule has 0 heterocycles. The van der Waals surface area contributed by atoms with Crippen LogP contribution in [-0.2, 0) is 4.79 Å². The summed E-state index contributed by atoms with van der Waals surface area (Å²) in [5.74, 6) is -3.70. The van der Waals surface area contributed by atoms with Crippen molar-refractivity contribution in [2.45, 2.75) is 32.9 Å². The fourth-order valence-corrected chi connectivity index (χ4v) is 2.82. The quantitative estimate of drug-likeness (QED) is 0.769. The van der Waals surface area contributed by atoms with Crippen LogP contribution in [0.2, 0.25) is 5.02 Å². The molecule has 2 rings (SSSR count). The Morgan fingerprint density at radius 1 is 0.963 bits per heavy atom. The van der Waals surface area contributed by atoms with Crippen molar-refractivity contribution in [3.05, 3.63) is 70.2 Å². The van der Waals surface area contributed by atoms with Crippen LogP contribution in [0.1, 0.15) is 42.7 Å². The molecule has 0 spiro atoms. The largest absolute Gasteiger partial charge is 0.348 e. The fourth-order valence-electron chi connectivity index (χ4n) is 2.63.